The molecule has 0 spiro atoms. The molecule has 2 aromatic carbocycles. The predicted molar refractivity (Wildman–Crippen MR) is 110 cm³/mol. The van der Waals surface area contributed by atoms with Crippen molar-refractivity contribution < 1.29 is 23.8 Å². The van der Waals surface area contributed by atoms with Crippen LogP contribution in [0.15, 0.2) is 48.5 Å². The zero-order valence-electron chi connectivity index (χ0n) is 17.2. The lowest BCUT2D eigenvalue weighted by atomic mass is 9.83. The van der Waals surface area contributed by atoms with E-state index in [1.165, 1.54) is 6.92 Å². The summed E-state index contributed by atoms with van der Waals surface area (Å²) in [5.74, 6) is -0.0194. The highest BCUT2D eigenvalue weighted by molar-refractivity contribution is 5.97. The lowest BCUT2D eigenvalue weighted by Gasteiger charge is -2.40. The molecule has 0 unspecified atom stereocenters. The molecular formula is C23H24N2O5. The summed E-state index contributed by atoms with van der Waals surface area (Å²) in [4.78, 5) is 27.6. The van der Waals surface area contributed by atoms with Gasteiger partial charge in [-0.15, -0.1) is 0 Å². The fourth-order valence-corrected chi connectivity index (χ4v) is 3.74. The van der Waals surface area contributed by atoms with Crippen LogP contribution in [0.2, 0.25) is 0 Å². The monoisotopic (exact) mass is 408 g/mol. The average molecular weight is 408 g/mol. The first kappa shape index (κ1) is 21.2. The summed E-state index contributed by atoms with van der Waals surface area (Å²) in [5, 5.41) is 9.04. The van der Waals surface area contributed by atoms with E-state index in [-0.39, 0.29) is 12.3 Å². The Morgan fingerprint density at radius 3 is 2.47 bits per heavy atom. The minimum atomic E-state index is -0.872. The molecule has 0 aromatic heterocycles. The van der Waals surface area contributed by atoms with E-state index in [2.05, 4.69) is 0 Å². The van der Waals surface area contributed by atoms with Crippen molar-refractivity contribution in [3.8, 4) is 17.6 Å². The first-order valence-corrected chi connectivity index (χ1v) is 9.69. The summed E-state index contributed by atoms with van der Waals surface area (Å²) < 4.78 is 16.1. The molecule has 0 bridgehead atoms. The van der Waals surface area contributed by atoms with Crippen LogP contribution in [0, 0.1) is 17.2 Å². The zero-order chi connectivity index (χ0) is 21.7. The molecule has 1 heterocycles. The molecule has 1 aliphatic heterocycles. The van der Waals surface area contributed by atoms with E-state index in [9.17, 15) is 9.59 Å². The second kappa shape index (κ2) is 9.31. The first-order valence-electron chi connectivity index (χ1n) is 9.69. The van der Waals surface area contributed by atoms with Crippen LogP contribution in [-0.2, 0) is 14.3 Å². The lowest BCUT2D eigenvalue weighted by Crippen LogP contribution is -2.46. The molecule has 1 aliphatic rings. The van der Waals surface area contributed by atoms with Crippen LogP contribution in [0.25, 0.3) is 0 Å². The number of esters is 1. The largest absolute Gasteiger partial charge is 0.497 e. The van der Waals surface area contributed by atoms with Gasteiger partial charge in [-0.1, -0.05) is 18.2 Å². The molecule has 0 radical (unpaired) electrons. The second-order valence-electron chi connectivity index (χ2n) is 7.00. The summed E-state index contributed by atoms with van der Waals surface area (Å²) in [6, 6.07) is 15.7. The number of benzene rings is 2. The number of piperidine rings is 1. The maximum Gasteiger partial charge on any atom is 0.312 e. The summed E-state index contributed by atoms with van der Waals surface area (Å²) >= 11 is 0. The van der Waals surface area contributed by atoms with Crippen molar-refractivity contribution in [2.45, 2.75) is 31.9 Å². The third-order valence-corrected chi connectivity index (χ3v) is 5.18. The normalized spacial score (nSPS) is 19.5. The Morgan fingerprint density at radius 1 is 1.13 bits per heavy atom. The molecule has 30 heavy (non-hydrogen) atoms. The first-order chi connectivity index (χ1) is 14.5. The van der Waals surface area contributed by atoms with Crippen LogP contribution in [0.5, 0.6) is 11.5 Å². The molecule has 2 aromatic rings. The minimum absolute atomic E-state index is 0.103. The van der Waals surface area contributed by atoms with Crippen LogP contribution >= 0.6 is 0 Å². The van der Waals surface area contributed by atoms with Crippen molar-refractivity contribution in [3.63, 3.8) is 0 Å². The smallest absolute Gasteiger partial charge is 0.312 e. The highest BCUT2D eigenvalue weighted by Crippen LogP contribution is 2.43. The molecule has 0 aliphatic carbocycles. The number of carbonyl (C=O) groups is 2. The van der Waals surface area contributed by atoms with Gasteiger partial charge >= 0.3 is 5.97 Å². The Kier molecular flexibility index (Phi) is 6.58. The fraction of sp³-hybridized carbons (Fsp3) is 0.348. The summed E-state index contributed by atoms with van der Waals surface area (Å²) in [6.45, 7) is 1.52. The number of methoxy groups -OCH3 is 2. The molecule has 1 fully saturated rings. The maximum atomic E-state index is 13.0. The summed E-state index contributed by atoms with van der Waals surface area (Å²) in [7, 11) is 3.12. The van der Waals surface area contributed by atoms with E-state index in [4.69, 9.17) is 19.5 Å². The topological polar surface area (TPSA) is 88.9 Å². The van der Waals surface area contributed by atoms with Gasteiger partial charge in [-0.05, 0) is 43.7 Å². The van der Waals surface area contributed by atoms with Crippen LogP contribution in [-0.4, -0.2) is 32.2 Å². The van der Waals surface area contributed by atoms with Crippen molar-refractivity contribution in [2.24, 2.45) is 5.92 Å². The minimum Gasteiger partial charge on any atom is -0.497 e. The fourth-order valence-electron chi connectivity index (χ4n) is 3.74. The molecule has 3 atom stereocenters. The van der Waals surface area contributed by atoms with Crippen molar-refractivity contribution >= 4 is 17.6 Å². The number of rotatable bonds is 6. The Balaban J connectivity index is 2.10. The second-order valence-corrected chi connectivity index (χ2v) is 7.00. The summed E-state index contributed by atoms with van der Waals surface area (Å²) in [5.41, 5.74) is 1.35. The Bertz CT molecular complexity index is 951. The van der Waals surface area contributed by atoms with Crippen molar-refractivity contribution in [1.82, 2.24) is 0 Å². The third kappa shape index (κ3) is 4.23. The van der Waals surface area contributed by atoms with Gasteiger partial charge in [-0.3, -0.25) is 9.59 Å². The van der Waals surface area contributed by atoms with E-state index in [0.717, 1.165) is 0 Å². The van der Waals surface area contributed by atoms with Gasteiger partial charge in [0.05, 0.1) is 26.2 Å². The standard InChI is InChI=1S/C23H24N2O5/c1-15(14-24)30-23(27)19-12-13-21(26)25(16-8-10-17(28-2)11-9-16)22(19)18-6-4-5-7-20(18)29-3/h4-11,15,19,22H,12-13H2,1-3H3/t15-,19+,22-/m1/s1. The van der Waals surface area contributed by atoms with Gasteiger partial charge in [0.25, 0.3) is 0 Å². The lowest BCUT2D eigenvalue weighted by molar-refractivity contribution is -0.153. The van der Waals surface area contributed by atoms with Crippen LogP contribution < -0.4 is 14.4 Å². The average Bonchev–Trinajstić information content (AvgIpc) is 2.78. The van der Waals surface area contributed by atoms with E-state index >= 15 is 0 Å². The van der Waals surface area contributed by atoms with Gasteiger partial charge < -0.3 is 19.1 Å². The molecule has 3 rings (SSSR count). The number of nitriles is 1. The van der Waals surface area contributed by atoms with E-state index < -0.39 is 24.0 Å². The maximum absolute atomic E-state index is 13.0. The van der Waals surface area contributed by atoms with Crippen molar-refractivity contribution in [3.05, 3.63) is 54.1 Å². The van der Waals surface area contributed by atoms with Crippen molar-refractivity contribution in [1.29, 1.82) is 5.26 Å². The van der Waals surface area contributed by atoms with Crippen LogP contribution in [0.1, 0.15) is 31.4 Å². The predicted octanol–water partition coefficient (Wildman–Crippen LogP) is 3.64. The number of para-hydroxylation sites is 1. The zero-order valence-corrected chi connectivity index (χ0v) is 17.2. The van der Waals surface area contributed by atoms with Gasteiger partial charge in [0, 0.05) is 17.7 Å². The Morgan fingerprint density at radius 2 is 1.83 bits per heavy atom. The summed E-state index contributed by atoms with van der Waals surface area (Å²) in [6.07, 6.45) is -0.355. The number of hydrogen-bond donors (Lipinski definition) is 0. The quantitative estimate of drug-likeness (QED) is 0.678. The van der Waals surface area contributed by atoms with Gasteiger partial charge in [-0.25, -0.2) is 0 Å². The Labute approximate surface area is 175 Å². The SMILES string of the molecule is COc1ccc(N2C(=O)CC[C@H](C(=O)O[C@H](C)C#N)[C@H]2c2ccccc2OC)cc1. The van der Waals surface area contributed by atoms with Gasteiger partial charge in [0.2, 0.25) is 5.91 Å². The van der Waals surface area contributed by atoms with Gasteiger partial charge in [0.15, 0.2) is 6.10 Å². The molecule has 156 valence electrons. The van der Waals surface area contributed by atoms with Crippen LogP contribution in [0.4, 0.5) is 5.69 Å². The molecule has 7 nitrogen and oxygen atoms in total. The van der Waals surface area contributed by atoms with Gasteiger partial charge in [-0.2, -0.15) is 5.26 Å². The number of anilines is 1. The van der Waals surface area contributed by atoms with E-state index in [0.29, 0.717) is 29.2 Å². The van der Waals surface area contributed by atoms with E-state index in [1.54, 1.807) is 49.5 Å². The van der Waals surface area contributed by atoms with E-state index in [1.807, 2.05) is 24.3 Å². The molecular weight excluding hydrogens is 384 g/mol. The number of hydrogen-bond acceptors (Lipinski definition) is 6. The highest BCUT2D eigenvalue weighted by atomic mass is 16.5. The molecule has 1 amide bonds. The number of amides is 1. The van der Waals surface area contributed by atoms with Crippen LogP contribution in [0.3, 0.4) is 0 Å². The molecule has 7 heteroatoms. The molecule has 1 saturated heterocycles. The number of carbonyl (C=O) groups excluding carboxylic acids is 2. The van der Waals surface area contributed by atoms with Crippen molar-refractivity contribution in [2.75, 3.05) is 19.1 Å². The molecule has 0 N–H and O–H groups in total. The third-order valence-electron chi connectivity index (χ3n) is 5.18. The molecule has 0 saturated carbocycles. The number of ether oxygens (including phenoxy) is 3. The van der Waals surface area contributed by atoms with Gasteiger partial charge in [0.1, 0.15) is 17.6 Å². The Hall–Kier alpha value is -3.53. The highest BCUT2D eigenvalue weighted by Gasteiger charge is 2.43. The number of nitrogens with zero attached hydrogens (tertiary/aromatic N) is 2.